The summed E-state index contributed by atoms with van der Waals surface area (Å²) in [6, 6.07) is 13.6. The number of aromatic nitrogens is 1. The molecule has 0 bridgehead atoms. The average molecular weight is 314 g/mol. The van der Waals surface area contributed by atoms with Gasteiger partial charge in [0.05, 0.1) is 6.04 Å². The average Bonchev–Trinajstić information content (AvgIpc) is 3.04. The van der Waals surface area contributed by atoms with Crippen molar-refractivity contribution in [3.8, 4) is 0 Å². The van der Waals surface area contributed by atoms with Gasteiger partial charge in [-0.15, -0.1) is 0 Å². The largest absolute Gasteiger partial charge is 0.445 e. The Morgan fingerprint density at radius 3 is 2.82 bits per heavy atom. The van der Waals surface area contributed by atoms with Gasteiger partial charge >= 0.3 is 6.09 Å². The van der Waals surface area contributed by atoms with Gasteiger partial charge in [0.2, 0.25) is 0 Å². The van der Waals surface area contributed by atoms with Crippen LogP contribution in [0, 0.1) is 4.64 Å². The van der Waals surface area contributed by atoms with Crippen molar-refractivity contribution in [1.29, 1.82) is 0 Å². The van der Waals surface area contributed by atoms with E-state index in [0.29, 0.717) is 11.2 Å². The molecule has 1 aliphatic heterocycles. The zero-order valence-corrected chi connectivity index (χ0v) is 13.0. The highest BCUT2D eigenvalue weighted by Gasteiger charge is 2.31. The Balaban J connectivity index is 1.66. The van der Waals surface area contributed by atoms with Crippen LogP contribution in [-0.2, 0) is 11.3 Å². The van der Waals surface area contributed by atoms with Crippen LogP contribution in [-0.4, -0.2) is 22.5 Å². The third kappa shape index (κ3) is 3.36. The Morgan fingerprint density at radius 2 is 2.09 bits per heavy atom. The lowest BCUT2D eigenvalue weighted by Crippen LogP contribution is -2.31. The Bertz CT molecular complexity index is 679. The Hall–Kier alpha value is -2.14. The first-order valence-corrected chi connectivity index (χ1v) is 7.81. The number of aromatic amines is 1. The molecular formula is C17H18N2O2S. The van der Waals surface area contributed by atoms with Gasteiger partial charge in [-0.2, -0.15) is 0 Å². The van der Waals surface area contributed by atoms with E-state index in [1.165, 1.54) is 0 Å². The highest BCUT2D eigenvalue weighted by Crippen LogP contribution is 2.32. The summed E-state index contributed by atoms with van der Waals surface area (Å²) in [7, 11) is 0. The van der Waals surface area contributed by atoms with Crippen LogP contribution in [0.25, 0.3) is 0 Å². The number of likely N-dealkylation sites (tertiary alicyclic amines) is 1. The number of pyridine rings is 1. The van der Waals surface area contributed by atoms with Crippen molar-refractivity contribution in [3.63, 3.8) is 0 Å². The summed E-state index contributed by atoms with van der Waals surface area (Å²) in [5, 5.41) is 0. The van der Waals surface area contributed by atoms with Gasteiger partial charge in [0.25, 0.3) is 0 Å². The molecule has 1 saturated heterocycles. The third-order valence-corrected chi connectivity index (χ3v) is 4.14. The van der Waals surface area contributed by atoms with Gasteiger partial charge in [-0.25, -0.2) is 4.79 Å². The molecule has 0 spiro atoms. The first kappa shape index (κ1) is 14.8. The molecule has 0 saturated carbocycles. The number of nitrogens with zero attached hydrogens (tertiary/aromatic N) is 1. The molecule has 1 aliphatic rings. The van der Waals surface area contributed by atoms with E-state index in [9.17, 15) is 4.79 Å². The SMILES string of the molecule is O=C(OCc1ccccc1)N1CCC[C@@H]1c1ccc(=S)[nH]c1. The molecule has 0 unspecified atom stereocenters. The zero-order valence-electron chi connectivity index (χ0n) is 12.2. The second-order valence-corrected chi connectivity index (χ2v) is 5.82. The summed E-state index contributed by atoms with van der Waals surface area (Å²) in [6.07, 6.45) is 3.57. The van der Waals surface area contributed by atoms with Crippen molar-refractivity contribution in [3.05, 3.63) is 64.4 Å². The van der Waals surface area contributed by atoms with Gasteiger partial charge in [0.15, 0.2) is 0 Å². The van der Waals surface area contributed by atoms with Gasteiger partial charge < -0.3 is 14.6 Å². The lowest BCUT2D eigenvalue weighted by atomic mass is 10.1. The van der Waals surface area contributed by atoms with E-state index in [2.05, 4.69) is 4.98 Å². The minimum absolute atomic E-state index is 0.0649. The second-order valence-electron chi connectivity index (χ2n) is 5.38. The summed E-state index contributed by atoms with van der Waals surface area (Å²) in [6.45, 7) is 1.04. The summed E-state index contributed by atoms with van der Waals surface area (Å²) in [5.74, 6) is 0. The fourth-order valence-corrected chi connectivity index (χ4v) is 2.89. The molecule has 3 rings (SSSR count). The monoisotopic (exact) mass is 314 g/mol. The van der Waals surface area contributed by atoms with E-state index >= 15 is 0 Å². The van der Waals surface area contributed by atoms with E-state index in [-0.39, 0.29) is 12.1 Å². The molecule has 1 amide bonds. The first-order valence-electron chi connectivity index (χ1n) is 7.40. The number of carbonyl (C=O) groups is 1. The van der Waals surface area contributed by atoms with Crippen molar-refractivity contribution in [2.45, 2.75) is 25.5 Å². The number of carbonyl (C=O) groups excluding carboxylic acids is 1. The highest BCUT2D eigenvalue weighted by molar-refractivity contribution is 7.71. The molecule has 1 atom stereocenters. The minimum atomic E-state index is -0.256. The Kier molecular flexibility index (Phi) is 4.53. The number of hydrogen-bond acceptors (Lipinski definition) is 3. The van der Waals surface area contributed by atoms with Crippen LogP contribution < -0.4 is 0 Å². The van der Waals surface area contributed by atoms with E-state index in [0.717, 1.165) is 30.5 Å². The lowest BCUT2D eigenvalue weighted by Gasteiger charge is -2.24. The molecule has 1 aromatic carbocycles. The maximum atomic E-state index is 12.3. The molecule has 1 aromatic heterocycles. The van der Waals surface area contributed by atoms with Gasteiger partial charge in [-0.1, -0.05) is 48.6 Å². The fourth-order valence-electron chi connectivity index (χ4n) is 2.76. The smallest absolute Gasteiger partial charge is 0.410 e. The molecule has 4 nitrogen and oxygen atoms in total. The molecule has 2 aromatic rings. The van der Waals surface area contributed by atoms with E-state index < -0.39 is 0 Å². The lowest BCUT2D eigenvalue weighted by molar-refractivity contribution is 0.0920. The predicted molar refractivity (Wildman–Crippen MR) is 86.9 cm³/mol. The molecule has 1 fully saturated rings. The van der Waals surface area contributed by atoms with Crippen LogP contribution in [0.3, 0.4) is 0 Å². The van der Waals surface area contributed by atoms with Crippen molar-refractivity contribution >= 4 is 18.3 Å². The molecule has 22 heavy (non-hydrogen) atoms. The van der Waals surface area contributed by atoms with Crippen LogP contribution in [0.4, 0.5) is 4.79 Å². The standard InChI is InChI=1S/C17H18N2O2S/c20-17(21-12-13-5-2-1-3-6-13)19-10-4-7-15(19)14-8-9-16(22)18-11-14/h1-3,5-6,8-9,11,15H,4,7,10,12H2,(H,18,22)/t15-/m1/s1. The van der Waals surface area contributed by atoms with Crippen molar-refractivity contribution in [1.82, 2.24) is 9.88 Å². The van der Waals surface area contributed by atoms with E-state index in [4.69, 9.17) is 17.0 Å². The fraction of sp³-hybridized carbons (Fsp3) is 0.294. The van der Waals surface area contributed by atoms with Gasteiger partial charge in [-0.3, -0.25) is 0 Å². The van der Waals surface area contributed by atoms with Gasteiger partial charge in [0.1, 0.15) is 11.2 Å². The van der Waals surface area contributed by atoms with Crippen LogP contribution in [0.2, 0.25) is 0 Å². The topological polar surface area (TPSA) is 45.3 Å². The van der Waals surface area contributed by atoms with Gasteiger partial charge in [0, 0.05) is 12.7 Å². The van der Waals surface area contributed by atoms with Crippen molar-refractivity contribution in [2.24, 2.45) is 0 Å². The summed E-state index contributed by atoms with van der Waals surface area (Å²) in [5.41, 5.74) is 2.07. The summed E-state index contributed by atoms with van der Waals surface area (Å²) in [4.78, 5) is 17.2. The molecular weight excluding hydrogens is 296 g/mol. The molecule has 1 N–H and O–H groups in total. The van der Waals surface area contributed by atoms with Gasteiger partial charge in [-0.05, 0) is 30.0 Å². The molecule has 0 aliphatic carbocycles. The van der Waals surface area contributed by atoms with Crippen LogP contribution in [0.5, 0.6) is 0 Å². The maximum Gasteiger partial charge on any atom is 0.410 e. The number of benzene rings is 1. The Morgan fingerprint density at radius 1 is 1.27 bits per heavy atom. The molecule has 0 radical (unpaired) electrons. The van der Waals surface area contributed by atoms with Crippen molar-refractivity contribution < 1.29 is 9.53 Å². The first-order chi connectivity index (χ1) is 10.7. The minimum Gasteiger partial charge on any atom is -0.445 e. The van der Waals surface area contributed by atoms with Crippen molar-refractivity contribution in [2.75, 3.05) is 6.54 Å². The Labute approximate surface area is 134 Å². The number of nitrogens with one attached hydrogen (secondary N) is 1. The van der Waals surface area contributed by atoms with Crippen LogP contribution in [0.1, 0.15) is 30.0 Å². The number of H-pyrrole nitrogens is 1. The molecule has 114 valence electrons. The van der Waals surface area contributed by atoms with E-state index in [1.807, 2.05) is 48.7 Å². The zero-order chi connectivity index (χ0) is 15.4. The quantitative estimate of drug-likeness (QED) is 0.863. The number of rotatable bonds is 3. The second kappa shape index (κ2) is 6.75. The van der Waals surface area contributed by atoms with E-state index in [1.54, 1.807) is 4.90 Å². The highest BCUT2D eigenvalue weighted by atomic mass is 32.1. The van der Waals surface area contributed by atoms with Crippen LogP contribution >= 0.6 is 12.2 Å². The molecule has 2 heterocycles. The predicted octanol–water partition coefficient (Wildman–Crippen LogP) is 4.22. The maximum absolute atomic E-state index is 12.3. The number of hydrogen-bond donors (Lipinski definition) is 1. The normalized spacial score (nSPS) is 17.5. The summed E-state index contributed by atoms with van der Waals surface area (Å²) >= 11 is 5.06. The third-order valence-electron chi connectivity index (χ3n) is 3.89. The number of amides is 1. The molecule has 5 heteroatoms. The van der Waals surface area contributed by atoms with Crippen LogP contribution in [0.15, 0.2) is 48.7 Å². The summed E-state index contributed by atoms with van der Waals surface area (Å²) < 4.78 is 6.14. The number of ether oxygens (including phenoxy) is 1.